The summed E-state index contributed by atoms with van der Waals surface area (Å²) < 4.78 is 5.14. The maximum atomic E-state index is 9.17. The topological polar surface area (TPSA) is 32.7 Å². The number of methoxy groups -OCH3 is 1. The van der Waals surface area contributed by atoms with Crippen molar-refractivity contribution in [3.8, 4) is 0 Å². The van der Waals surface area contributed by atoms with Gasteiger partial charge in [0.2, 0.25) is 0 Å². The predicted molar refractivity (Wildman–Crippen MR) is 66.6 cm³/mol. The Balaban J connectivity index is 2.43. The molecule has 0 amide bonds. The van der Waals surface area contributed by atoms with Gasteiger partial charge in [0.15, 0.2) is 0 Å². The third kappa shape index (κ3) is 4.40. The molecule has 0 spiro atoms. The molecule has 1 aliphatic carbocycles. The molecule has 0 aromatic carbocycles. The number of ether oxygens (including phenoxy) is 1. The van der Waals surface area contributed by atoms with E-state index in [0.29, 0.717) is 12.1 Å². The molecular weight excluding hydrogens is 202 g/mol. The van der Waals surface area contributed by atoms with Gasteiger partial charge < -0.3 is 9.84 Å². The minimum absolute atomic E-state index is 0.272. The van der Waals surface area contributed by atoms with E-state index in [-0.39, 0.29) is 6.61 Å². The largest absolute Gasteiger partial charge is 0.395 e. The molecule has 16 heavy (non-hydrogen) atoms. The highest BCUT2D eigenvalue weighted by Gasteiger charge is 2.24. The van der Waals surface area contributed by atoms with Gasteiger partial charge in [0.25, 0.3) is 0 Å². The van der Waals surface area contributed by atoms with Gasteiger partial charge >= 0.3 is 0 Å². The van der Waals surface area contributed by atoms with E-state index in [4.69, 9.17) is 9.84 Å². The van der Waals surface area contributed by atoms with Gasteiger partial charge in [0.1, 0.15) is 0 Å². The fourth-order valence-electron chi connectivity index (χ4n) is 2.75. The second-order valence-electron chi connectivity index (χ2n) is 4.88. The van der Waals surface area contributed by atoms with Gasteiger partial charge in [0, 0.05) is 32.3 Å². The molecule has 1 fully saturated rings. The number of rotatable bonds is 7. The molecule has 1 atom stereocenters. The summed E-state index contributed by atoms with van der Waals surface area (Å²) in [6, 6.07) is 1.21. The lowest BCUT2D eigenvalue weighted by Gasteiger charge is -2.38. The van der Waals surface area contributed by atoms with E-state index >= 15 is 0 Å². The van der Waals surface area contributed by atoms with Crippen molar-refractivity contribution in [2.45, 2.75) is 57.5 Å². The third-order valence-corrected chi connectivity index (χ3v) is 3.71. The van der Waals surface area contributed by atoms with Crippen LogP contribution in [0.25, 0.3) is 0 Å². The Bertz CT molecular complexity index is 169. The summed E-state index contributed by atoms with van der Waals surface area (Å²) in [7, 11) is 1.75. The first-order valence-corrected chi connectivity index (χ1v) is 6.65. The molecule has 0 saturated heterocycles. The van der Waals surface area contributed by atoms with Crippen LogP contribution in [0.5, 0.6) is 0 Å². The van der Waals surface area contributed by atoms with Gasteiger partial charge in [0.05, 0.1) is 6.61 Å². The second kappa shape index (κ2) is 8.04. The molecule has 96 valence electrons. The number of aliphatic hydroxyl groups excluding tert-OH is 1. The van der Waals surface area contributed by atoms with Crippen LogP contribution in [-0.4, -0.2) is 49.0 Å². The molecule has 3 nitrogen and oxygen atoms in total. The van der Waals surface area contributed by atoms with E-state index in [0.717, 1.165) is 19.6 Å². The lowest BCUT2D eigenvalue weighted by atomic mass is 9.93. The van der Waals surface area contributed by atoms with Gasteiger partial charge in [-0.15, -0.1) is 0 Å². The zero-order chi connectivity index (χ0) is 11.8. The number of hydrogen-bond donors (Lipinski definition) is 1. The summed E-state index contributed by atoms with van der Waals surface area (Å²) in [6.45, 7) is 4.16. The van der Waals surface area contributed by atoms with Gasteiger partial charge in [-0.25, -0.2) is 0 Å². The first-order chi connectivity index (χ1) is 7.79. The van der Waals surface area contributed by atoms with Crippen molar-refractivity contribution < 1.29 is 9.84 Å². The molecule has 0 aromatic rings. The smallest absolute Gasteiger partial charge is 0.0558 e. The summed E-state index contributed by atoms with van der Waals surface area (Å²) in [5, 5.41) is 9.17. The lowest BCUT2D eigenvalue weighted by Crippen LogP contribution is -2.44. The first kappa shape index (κ1) is 13.9. The molecule has 1 aliphatic rings. The van der Waals surface area contributed by atoms with Crippen LogP contribution in [0.3, 0.4) is 0 Å². The summed E-state index contributed by atoms with van der Waals surface area (Å²) in [6.07, 6.45) is 7.75. The summed E-state index contributed by atoms with van der Waals surface area (Å²) >= 11 is 0. The summed E-state index contributed by atoms with van der Waals surface area (Å²) in [4.78, 5) is 2.48. The Morgan fingerprint density at radius 3 is 2.56 bits per heavy atom. The fraction of sp³-hybridized carbons (Fsp3) is 1.00. The summed E-state index contributed by atoms with van der Waals surface area (Å²) in [5.74, 6) is 0. The van der Waals surface area contributed by atoms with Crippen LogP contribution in [0.1, 0.15) is 45.4 Å². The van der Waals surface area contributed by atoms with E-state index in [1.54, 1.807) is 7.11 Å². The molecule has 1 unspecified atom stereocenters. The van der Waals surface area contributed by atoms with Crippen LogP contribution >= 0.6 is 0 Å². The SMILES string of the molecule is COCCC(C)N(CCO)C1CCCCC1. The van der Waals surface area contributed by atoms with Crippen molar-refractivity contribution in [1.29, 1.82) is 0 Å². The monoisotopic (exact) mass is 229 g/mol. The zero-order valence-electron chi connectivity index (χ0n) is 10.8. The van der Waals surface area contributed by atoms with Gasteiger partial charge in [-0.05, 0) is 26.2 Å². The highest BCUT2D eigenvalue weighted by atomic mass is 16.5. The van der Waals surface area contributed by atoms with E-state index in [1.807, 2.05) is 0 Å². The molecule has 1 N–H and O–H groups in total. The molecule has 3 heteroatoms. The van der Waals surface area contributed by atoms with Crippen molar-refractivity contribution in [2.24, 2.45) is 0 Å². The molecule has 1 rings (SSSR count). The van der Waals surface area contributed by atoms with E-state index in [2.05, 4.69) is 11.8 Å². The van der Waals surface area contributed by atoms with Crippen molar-refractivity contribution in [1.82, 2.24) is 4.90 Å². The maximum Gasteiger partial charge on any atom is 0.0558 e. The normalized spacial score (nSPS) is 20.2. The molecule has 0 radical (unpaired) electrons. The van der Waals surface area contributed by atoms with E-state index < -0.39 is 0 Å². The Morgan fingerprint density at radius 1 is 1.31 bits per heavy atom. The molecular formula is C13H27NO2. The molecule has 0 heterocycles. The second-order valence-corrected chi connectivity index (χ2v) is 4.88. The van der Waals surface area contributed by atoms with E-state index in [1.165, 1.54) is 32.1 Å². The Morgan fingerprint density at radius 2 is 2.00 bits per heavy atom. The van der Waals surface area contributed by atoms with Gasteiger partial charge in [-0.2, -0.15) is 0 Å². The maximum absolute atomic E-state index is 9.17. The number of nitrogens with zero attached hydrogens (tertiary/aromatic N) is 1. The van der Waals surface area contributed by atoms with Crippen LogP contribution in [0.2, 0.25) is 0 Å². The van der Waals surface area contributed by atoms with Crippen molar-refractivity contribution >= 4 is 0 Å². The Hall–Kier alpha value is -0.120. The van der Waals surface area contributed by atoms with Crippen LogP contribution in [-0.2, 0) is 4.74 Å². The minimum Gasteiger partial charge on any atom is -0.395 e. The first-order valence-electron chi connectivity index (χ1n) is 6.65. The predicted octanol–water partition coefficient (Wildman–Crippen LogP) is 2.04. The zero-order valence-corrected chi connectivity index (χ0v) is 10.8. The lowest BCUT2D eigenvalue weighted by molar-refractivity contribution is 0.0680. The van der Waals surface area contributed by atoms with Crippen LogP contribution < -0.4 is 0 Å². The number of aliphatic hydroxyl groups is 1. The average molecular weight is 229 g/mol. The molecule has 0 aromatic heterocycles. The molecule has 0 bridgehead atoms. The van der Waals surface area contributed by atoms with Gasteiger partial charge in [-0.3, -0.25) is 4.90 Å². The molecule has 1 saturated carbocycles. The third-order valence-electron chi connectivity index (χ3n) is 3.71. The van der Waals surface area contributed by atoms with Crippen molar-refractivity contribution in [3.63, 3.8) is 0 Å². The Labute approximate surface area is 99.8 Å². The van der Waals surface area contributed by atoms with Crippen LogP contribution in [0.4, 0.5) is 0 Å². The molecule has 0 aliphatic heterocycles. The highest BCUT2D eigenvalue weighted by molar-refractivity contribution is 4.79. The van der Waals surface area contributed by atoms with Crippen molar-refractivity contribution in [3.05, 3.63) is 0 Å². The van der Waals surface area contributed by atoms with Crippen molar-refractivity contribution in [2.75, 3.05) is 26.9 Å². The van der Waals surface area contributed by atoms with Crippen LogP contribution in [0, 0.1) is 0 Å². The standard InChI is InChI=1S/C13H27NO2/c1-12(8-11-16-2)14(9-10-15)13-6-4-3-5-7-13/h12-13,15H,3-11H2,1-2H3. The van der Waals surface area contributed by atoms with Crippen LogP contribution in [0.15, 0.2) is 0 Å². The van der Waals surface area contributed by atoms with E-state index in [9.17, 15) is 0 Å². The fourth-order valence-corrected chi connectivity index (χ4v) is 2.75. The Kier molecular flexibility index (Phi) is 7.01. The highest BCUT2D eigenvalue weighted by Crippen LogP contribution is 2.24. The quantitative estimate of drug-likeness (QED) is 0.725. The summed E-state index contributed by atoms with van der Waals surface area (Å²) in [5.41, 5.74) is 0. The minimum atomic E-state index is 0.272. The average Bonchev–Trinajstić information content (AvgIpc) is 2.34. The number of hydrogen-bond acceptors (Lipinski definition) is 3. The van der Waals surface area contributed by atoms with Gasteiger partial charge in [-0.1, -0.05) is 19.3 Å².